The van der Waals surface area contributed by atoms with Crippen LogP contribution in [0.2, 0.25) is 0 Å². The molecule has 3 heterocycles. The van der Waals surface area contributed by atoms with E-state index in [4.69, 9.17) is 14.2 Å². The molecule has 1 saturated heterocycles. The van der Waals surface area contributed by atoms with Gasteiger partial charge in [0, 0.05) is 29.8 Å². The number of hydrogen-bond donors (Lipinski definition) is 0. The third-order valence-electron chi connectivity index (χ3n) is 8.39. The quantitative estimate of drug-likeness (QED) is 0.352. The first kappa shape index (κ1) is 25.5. The summed E-state index contributed by atoms with van der Waals surface area (Å²) in [6.45, 7) is -0.0255. The SMILES string of the molecule is COC(=O)OCOc1c2n(ccc1=O)N(C1c3ccccc3C3(CC3)c3c1ccc(F)c3F)C1COCCN1C2=O. The number of aromatic nitrogens is 1. The minimum atomic E-state index is -1.02. The Morgan fingerprint density at radius 1 is 1.10 bits per heavy atom. The van der Waals surface area contributed by atoms with E-state index in [0.29, 0.717) is 24.0 Å². The second-order valence-electron chi connectivity index (χ2n) is 10.4. The number of amides is 1. The van der Waals surface area contributed by atoms with E-state index in [-0.39, 0.29) is 31.2 Å². The molecule has 1 amide bonds. The van der Waals surface area contributed by atoms with Crippen molar-refractivity contribution in [2.24, 2.45) is 0 Å². The Bertz CT molecular complexity index is 1650. The number of carbonyl (C=O) groups excluding carboxylic acids is 2. The first-order valence-corrected chi connectivity index (χ1v) is 13.2. The second-order valence-corrected chi connectivity index (χ2v) is 10.4. The number of fused-ring (bicyclic) bond motifs is 6. The van der Waals surface area contributed by atoms with Crippen LogP contribution < -0.4 is 15.2 Å². The van der Waals surface area contributed by atoms with Crippen LogP contribution in [0.3, 0.4) is 0 Å². The molecule has 1 saturated carbocycles. The van der Waals surface area contributed by atoms with Gasteiger partial charge < -0.3 is 23.8 Å². The smallest absolute Gasteiger partial charge is 0.451 e. The molecule has 1 spiro atoms. The highest BCUT2D eigenvalue weighted by Crippen LogP contribution is 2.61. The van der Waals surface area contributed by atoms with E-state index < -0.39 is 53.5 Å². The number of morpholine rings is 1. The highest BCUT2D eigenvalue weighted by molar-refractivity contribution is 5.96. The molecule has 12 heteroatoms. The number of rotatable bonds is 4. The van der Waals surface area contributed by atoms with Gasteiger partial charge in [0.15, 0.2) is 17.3 Å². The van der Waals surface area contributed by atoms with Crippen LogP contribution in [0.15, 0.2) is 53.5 Å². The Labute approximate surface area is 232 Å². The van der Waals surface area contributed by atoms with Crippen LogP contribution in [0, 0.1) is 11.6 Å². The van der Waals surface area contributed by atoms with Crippen LogP contribution in [-0.2, 0) is 19.6 Å². The van der Waals surface area contributed by atoms with Gasteiger partial charge in [-0.1, -0.05) is 30.3 Å². The maximum absolute atomic E-state index is 15.7. The lowest BCUT2D eigenvalue weighted by atomic mass is 9.72. The maximum Gasteiger partial charge on any atom is 0.510 e. The Morgan fingerprint density at radius 3 is 2.68 bits per heavy atom. The van der Waals surface area contributed by atoms with Crippen LogP contribution in [0.4, 0.5) is 13.6 Å². The number of pyridine rings is 1. The lowest BCUT2D eigenvalue weighted by Gasteiger charge is -2.53. The molecule has 2 fully saturated rings. The second kappa shape index (κ2) is 9.30. The molecule has 7 rings (SSSR count). The number of ether oxygens (including phenoxy) is 4. The van der Waals surface area contributed by atoms with Crippen LogP contribution in [0.25, 0.3) is 0 Å². The fourth-order valence-electron chi connectivity index (χ4n) is 6.54. The number of halogens is 2. The van der Waals surface area contributed by atoms with Gasteiger partial charge in [-0.15, -0.1) is 0 Å². The third-order valence-corrected chi connectivity index (χ3v) is 8.39. The molecule has 4 aliphatic rings. The van der Waals surface area contributed by atoms with Crippen molar-refractivity contribution in [2.45, 2.75) is 30.5 Å². The predicted molar refractivity (Wildman–Crippen MR) is 138 cm³/mol. The molecular formula is C29H25F2N3O7. The van der Waals surface area contributed by atoms with E-state index in [1.807, 2.05) is 29.3 Å². The van der Waals surface area contributed by atoms with Crippen molar-refractivity contribution in [3.63, 3.8) is 0 Å². The van der Waals surface area contributed by atoms with Gasteiger partial charge in [-0.05, 0) is 35.6 Å². The molecule has 3 aromatic rings. The van der Waals surface area contributed by atoms with Gasteiger partial charge in [0.1, 0.15) is 6.17 Å². The van der Waals surface area contributed by atoms with Gasteiger partial charge in [-0.2, -0.15) is 0 Å². The van der Waals surface area contributed by atoms with Crippen molar-refractivity contribution < 1.29 is 37.3 Å². The van der Waals surface area contributed by atoms with Gasteiger partial charge in [-0.25, -0.2) is 13.6 Å². The first-order chi connectivity index (χ1) is 19.9. The molecule has 0 radical (unpaired) electrons. The number of benzene rings is 2. The third kappa shape index (κ3) is 3.66. The molecule has 1 aromatic heterocycles. The molecule has 0 bridgehead atoms. The van der Waals surface area contributed by atoms with Crippen LogP contribution >= 0.6 is 0 Å². The zero-order valence-corrected chi connectivity index (χ0v) is 22.0. The molecule has 41 heavy (non-hydrogen) atoms. The highest BCUT2D eigenvalue weighted by Gasteiger charge is 2.56. The number of carbonyl (C=O) groups is 2. The molecule has 2 aliphatic heterocycles. The van der Waals surface area contributed by atoms with Gasteiger partial charge in [0.05, 0.1) is 26.4 Å². The molecule has 212 valence electrons. The van der Waals surface area contributed by atoms with Crippen molar-refractivity contribution in [2.75, 3.05) is 38.7 Å². The summed E-state index contributed by atoms with van der Waals surface area (Å²) in [6, 6.07) is 11.0. The molecular weight excluding hydrogens is 540 g/mol. The molecule has 2 unspecified atom stereocenters. The van der Waals surface area contributed by atoms with Crippen LogP contribution in [0.1, 0.15) is 51.6 Å². The van der Waals surface area contributed by atoms with E-state index >= 15 is 4.39 Å². The summed E-state index contributed by atoms with van der Waals surface area (Å²) in [4.78, 5) is 39.9. The van der Waals surface area contributed by atoms with E-state index in [2.05, 4.69) is 4.74 Å². The summed E-state index contributed by atoms with van der Waals surface area (Å²) < 4.78 is 52.5. The molecule has 2 aromatic carbocycles. The van der Waals surface area contributed by atoms with Gasteiger partial charge >= 0.3 is 6.16 Å². The van der Waals surface area contributed by atoms with Crippen molar-refractivity contribution in [3.8, 4) is 5.75 Å². The maximum atomic E-state index is 15.7. The number of nitrogens with zero attached hydrogens (tertiary/aromatic N) is 3. The summed E-state index contributed by atoms with van der Waals surface area (Å²) in [5.74, 6) is -2.60. The fourth-order valence-corrected chi connectivity index (χ4v) is 6.54. The summed E-state index contributed by atoms with van der Waals surface area (Å²) in [5, 5.41) is 1.85. The molecule has 10 nitrogen and oxygen atoms in total. The summed E-state index contributed by atoms with van der Waals surface area (Å²) in [7, 11) is 1.13. The Kier molecular flexibility index (Phi) is 5.79. The molecule has 2 aliphatic carbocycles. The topological polar surface area (TPSA) is 99.5 Å². The van der Waals surface area contributed by atoms with Crippen molar-refractivity contribution in [3.05, 3.63) is 98.5 Å². The van der Waals surface area contributed by atoms with Gasteiger partial charge in [0.25, 0.3) is 5.91 Å². The summed E-state index contributed by atoms with van der Waals surface area (Å²) >= 11 is 0. The number of methoxy groups -OCH3 is 1. The van der Waals surface area contributed by atoms with Crippen molar-refractivity contribution in [1.29, 1.82) is 0 Å². The zero-order chi connectivity index (χ0) is 28.5. The lowest BCUT2D eigenvalue weighted by molar-refractivity contribution is -0.0210. The monoisotopic (exact) mass is 565 g/mol. The molecule has 0 N–H and O–H groups in total. The van der Waals surface area contributed by atoms with Crippen molar-refractivity contribution in [1.82, 2.24) is 9.58 Å². The fraction of sp³-hybridized carbons (Fsp3) is 0.345. The predicted octanol–water partition coefficient (Wildman–Crippen LogP) is 3.18. The Morgan fingerprint density at radius 2 is 1.90 bits per heavy atom. The Balaban J connectivity index is 1.45. The largest absolute Gasteiger partial charge is 0.510 e. The standard InChI is InChI=1S/C29H25F2N3O7/c1-38-28(37)41-15-40-26-20(35)8-11-33-25(26)27(36)32-12-13-39-14-21(32)34(33)24-16-4-2-3-5-18(16)29(9-10-29)22-17(24)6-7-19(30)23(22)31/h2-8,11,21,24H,9-10,12-15H2,1H3. The molecule has 2 atom stereocenters. The number of hydrogen-bond acceptors (Lipinski definition) is 8. The normalized spacial score (nSPS) is 21.4. The summed E-state index contributed by atoms with van der Waals surface area (Å²) in [5.41, 5.74) is 1.34. The average molecular weight is 566 g/mol. The first-order valence-electron chi connectivity index (χ1n) is 13.2. The van der Waals surface area contributed by atoms with Crippen LogP contribution in [-0.4, -0.2) is 61.5 Å². The van der Waals surface area contributed by atoms with E-state index in [1.165, 1.54) is 16.9 Å². The van der Waals surface area contributed by atoms with Crippen molar-refractivity contribution >= 4 is 12.1 Å². The average Bonchev–Trinajstić information content (AvgIpc) is 3.78. The zero-order valence-electron chi connectivity index (χ0n) is 22.0. The summed E-state index contributed by atoms with van der Waals surface area (Å²) in [6.07, 6.45) is 1.16. The van der Waals surface area contributed by atoms with Gasteiger partial charge in [-0.3, -0.25) is 19.3 Å². The van der Waals surface area contributed by atoms with Gasteiger partial charge in [0.2, 0.25) is 18.0 Å². The highest BCUT2D eigenvalue weighted by atomic mass is 19.2. The Hall–Kier alpha value is -4.45. The van der Waals surface area contributed by atoms with E-state index in [0.717, 1.165) is 24.3 Å². The minimum Gasteiger partial charge on any atom is -0.451 e. The lowest BCUT2D eigenvalue weighted by Crippen LogP contribution is -2.66. The minimum absolute atomic E-state index is 0.0857. The van der Waals surface area contributed by atoms with E-state index in [1.54, 1.807) is 11.0 Å². The van der Waals surface area contributed by atoms with E-state index in [9.17, 15) is 18.8 Å². The van der Waals surface area contributed by atoms with Crippen LogP contribution in [0.5, 0.6) is 5.75 Å².